The molecular weight excluding hydrogens is 298 g/mol. The Bertz CT molecular complexity index is 556. The van der Waals surface area contributed by atoms with Gasteiger partial charge >= 0.3 is 5.97 Å². The van der Waals surface area contributed by atoms with Crippen LogP contribution in [0.5, 0.6) is 0 Å². The molecule has 0 spiro atoms. The van der Waals surface area contributed by atoms with Gasteiger partial charge in [0, 0.05) is 13.1 Å². The van der Waals surface area contributed by atoms with E-state index in [9.17, 15) is 4.79 Å². The van der Waals surface area contributed by atoms with Crippen LogP contribution in [0.3, 0.4) is 0 Å². The molecular formula is C21H27NO2. The van der Waals surface area contributed by atoms with Crippen molar-refractivity contribution in [3.63, 3.8) is 0 Å². The third kappa shape index (κ3) is 5.82. The molecule has 0 fully saturated rings. The largest absolute Gasteiger partial charge is 0.465 e. The molecule has 0 aliphatic rings. The van der Waals surface area contributed by atoms with E-state index in [1.165, 1.54) is 11.1 Å². The topological polar surface area (TPSA) is 29.5 Å². The van der Waals surface area contributed by atoms with Crippen molar-refractivity contribution in [3.05, 3.63) is 71.8 Å². The molecule has 0 aliphatic heterocycles. The molecule has 3 nitrogen and oxygen atoms in total. The first-order chi connectivity index (χ1) is 11.7. The fraction of sp³-hybridized carbons (Fsp3) is 0.381. The van der Waals surface area contributed by atoms with Crippen LogP contribution in [-0.4, -0.2) is 23.5 Å². The van der Waals surface area contributed by atoms with Crippen LogP contribution in [0.1, 0.15) is 37.8 Å². The van der Waals surface area contributed by atoms with E-state index in [4.69, 9.17) is 4.74 Å². The van der Waals surface area contributed by atoms with Gasteiger partial charge in [0.1, 0.15) is 6.04 Å². The lowest BCUT2D eigenvalue weighted by Crippen LogP contribution is -2.39. The number of carbonyl (C=O) groups excluding carboxylic acids is 1. The Labute approximate surface area is 145 Å². The minimum Gasteiger partial charge on any atom is -0.465 e. The van der Waals surface area contributed by atoms with Crippen molar-refractivity contribution in [3.8, 4) is 0 Å². The summed E-state index contributed by atoms with van der Waals surface area (Å²) in [7, 11) is 0. The zero-order chi connectivity index (χ0) is 17.2. The van der Waals surface area contributed by atoms with E-state index in [1.807, 2.05) is 43.3 Å². The molecule has 0 aromatic heterocycles. The first-order valence-corrected chi connectivity index (χ1v) is 8.69. The van der Waals surface area contributed by atoms with Gasteiger partial charge in [-0.2, -0.15) is 0 Å². The third-order valence-corrected chi connectivity index (χ3v) is 4.09. The van der Waals surface area contributed by atoms with Gasteiger partial charge in [0.25, 0.3) is 0 Å². The Kier molecular flexibility index (Phi) is 7.50. The molecule has 2 aromatic carbocycles. The molecule has 2 rings (SSSR count). The van der Waals surface area contributed by atoms with E-state index in [0.29, 0.717) is 6.61 Å². The molecule has 0 heterocycles. The highest BCUT2D eigenvalue weighted by Crippen LogP contribution is 2.14. The number of hydrogen-bond donors (Lipinski definition) is 0. The highest BCUT2D eigenvalue weighted by Gasteiger charge is 2.23. The van der Waals surface area contributed by atoms with Crippen molar-refractivity contribution >= 4 is 5.97 Å². The fourth-order valence-electron chi connectivity index (χ4n) is 2.55. The summed E-state index contributed by atoms with van der Waals surface area (Å²) in [5.74, 6) is -0.143. The number of unbranched alkanes of at least 4 members (excludes halogenated alkanes) is 1. The average Bonchev–Trinajstić information content (AvgIpc) is 2.62. The van der Waals surface area contributed by atoms with Crippen molar-refractivity contribution in [1.29, 1.82) is 0 Å². The number of esters is 1. The van der Waals surface area contributed by atoms with E-state index in [2.05, 4.69) is 36.1 Å². The van der Waals surface area contributed by atoms with E-state index >= 15 is 0 Å². The summed E-state index contributed by atoms with van der Waals surface area (Å²) in [5.41, 5.74) is 2.39. The smallest absolute Gasteiger partial charge is 0.323 e. The lowest BCUT2D eigenvalue weighted by molar-refractivity contribution is -0.150. The summed E-state index contributed by atoms with van der Waals surface area (Å²) in [4.78, 5) is 14.5. The van der Waals surface area contributed by atoms with Crippen molar-refractivity contribution in [2.24, 2.45) is 0 Å². The van der Waals surface area contributed by atoms with Gasteiger partial charge in [-0.05, 0) is 24.5 Å². The maximum absolute atomic E-state index is 12.4. The van der Waals surface area contributed by atoms with Crippen LogP contribution < -0.4 is 0 Å². The lowest BCUT2D eigenvalue weighted by Gasteiger charge is -2.28. The van der Waals surface area contributed by atoms with Crippen molar-refractivity contribution in [1.82, 2.24) is 4.90 Å². The minimum atomic E-state index is -0.276. The molecule has 0 aliphatic carbocycles. The molecule has 0 radical (unpaired) electrons. The molecule has 0 amide bonds. The van der Waals surface area contributed by atoms with E-state index in [-0.39, 0.29) is 12.0 Å². The Balaban J connectivity index is 2.07. The van der Waals surface area contributed by atoms with Gasteiger partial charge in [0.05, 0.1) is 6.61 Å². The quantitative estimate of drug-likeness (QED) is 0.505. The number of rotatable bonds is 9. The Morgan fingerprint density at radius 2 is 1.46 bits per heavy atom. The first kappa shape index (κ1) is 18.2. The van der Waals surface area contributed by atoms with Gasteiger partial charge in [0.15, 0.2) is 0 Å². The summed E-state index contributed by atoms with van der Waals surface area (Å²) in [6.07, 6.45) is 1.94. The van der Waals surface area contributed by atoms with Gasteiger partial charge in [-0.1, -0.05) is 74.0 Å². The van der Waals surface area contributed by atoms with Crippen molar-refractivity contribution in [2.45, 2.75) is 45.8 Å². The van der Waals surface area contributed by atoms with Crippen LogP contribution in [0.2, 0.25) is 0 Å². The minimum absolute atomic E-state index is 0.143. The number of carbonyl (C=O) groups is 1. The van der Waals surface area contributed by atoms with Crippen LogP contribution >= 0.6 is 0 Å². The van der Waals surface area contributed by atoms with Gasteiger partial charge in [-0.3, -0.25) is 9.69 Å². The number of ether oxygens (including phenoxy) is 1. The van der Waals surface area contributed by atoms with Gasteiger partial charge < -0.3 is 4.74 Å². The molecule has 2 aromatic rings. The Morgan fingerprint density at radius 3 is 1.92 bits per heavy atom. The molecule has 24 heavy (non-hydrogen) atoms. The molecule has 1 unspecified atom stereocenters. The summed E-state index contributed by atoms with van der Waals surface area (Å²) in [6, 6.07) is 20.2. The van der Waals surface area contributed by atoms with E-state index in [0.717, 1.165) is 25.9 Å². The zero-order valence-corrected chi connectivity index (χ0v) is 14.7. The summed E-state index contributed by atoms with van der Waals surface area (Å²) in [5, 5.41) is 0. The maximum atomic E-state index is 12.4. The SMILES string of the molecule is CCCCOC(=O)C(C)N(Cc1ccccc1)Cc1ccccc1. The average molecular weight is 325 g/mol. The van der Waals surface area contributed by atoms with Crippen LogP contribution in [-0.2, 0) is 22.6 Å². The summed E-state index contributed by atoms with van der Waals surface area (Å²) >= 11 is 0. The molecule has 0 saturated heterocycles. The molecule has 0 bridgehead atoms. The van der Waals surface area contributed by atoms with Crippen LogP contribution in [0.15, 0.2) is 60.7 Å². The van der Waals surface area contributed by atoms with Gasteiger partial charge in [-0.25, -0.2) is 0 Å². The number of nitrogens with zero attached hydrogens (tertiary/aromatic N) is 1. The normalized spacial score (nSPS) is 12.1. The molecule has 0 saturated carbocycles. The zero-order valence-electron chi connectivity index (χ0n) is 14.7. The van der Waals surface area contributed by atoms with Crippen molar-refractivity contribution < 1.29 is 9.53 Å². The lowest BCUT2D eigenvalue weighted by atomic mass is 10.1. The van der Waals surface area contributed by atoms with Gasteiger partial charge in [0.2, 0.25) is 0 Å². The second-order valence-corrected chi connectivity index (χ2v) is 6.07. The second kappa shape index (κ2) is 9.89. The van der Waals surface area contributed by atoms with E-state index < -0.39 is 0 Å². The second-order valence-electron chi connectivity index (χ2n) is 6.07. The van der Waals surface area contributed by atoms with Crippen LogP contribution in [0, 0.1) is 0 Å². The molecule has 1 atom stereocenters. The monoisotopic (exact) mass is 325 g/mol. The number of benzene rings is 2. The third-order valence-electron chi connectivity index (χ3n) is 4.09. The predicted molar refractivity (Wildman–Crippen MR) is 97.5 cm³/mol. The predicted octanol–water partition coefficient (Wildman–Crippen LogP) is 4.42. The van der Waals surface area contributed by atoms with Gasteiger partial charge in [-0.15, -0.1) is 0 Å². The maximum Gasteiger partial charge on any atom is 0.323 e. The molecule has 0 N–H and O–H groups in total. The highest BCUT2D eigenvalue weighted by molar-refractivity contribution is 5.75. The Hall–Kier alpha value is -2.13. The first-order valence-electron chi connectivity index (χ1n) is 8.69. The van der Waals surface area contributed by atoms with Crippen molar-refractivity contribution in [2.75, 3.05) is 6.61 Å². The van der Waals surface area contributed by atoms with Crippen LogP contribution in [0.25, 0.3) is 0 Å². The number of hydrogen-bond acceptors (Lipinski definition) is 3. The molecule has 3 heteroatoms. The van der Waals surface area contributed by atoms with E-state index in [1.54, 1.807) is 0 Å². The fourth-order valence-corrected chi connectivity index (χ4v) is 2.55. The summed E-state index contributed by atoms with van der Waals surface area (Å²) < 4.78 is 5.42. The van der Waals surface area contributed by atoms with Crippen LogP contribution in [0.4, 0.5) is 0 Å². The Morgan fingerprint density at radius 1 is 0.958 bits per heavy atom. The molecule has 128 valence electrons. The highest BCUT2D eigenvalue weighted by atomic mass is 16.5. The summed E-state index contributed by atoms with van der Waals surface area (Å²) in [6.45, 7) is 5.97. The standard InChI is InChI=1S/C21H27NO2/c1-3-4-15-24-21(23)18(2)22(16-19-11-7-5-8-12-19)17-20-13-9-6-10-14-20/h5-14,18H,3-4,15-17H2,1-2H3.